The molecule has 0 unspecified atom stereocenters. The molecule has 0 saturated carbocycles. The summed E-state index contributed by atoms with van der Waals surface area (Å²) in [6, 6.07) is 15.5. The zero-order valence-electron chi connectivity index (χ0n) is 15.8. The second kappa shape index (κ2) is 8.57. The summed E-state index contributed by atoms with van der Waals surface area (Å²) in [7, 11) is 0. The summed E-state index contributed by atoms with van der Waals surface area (Å²) in [5, 5.41) is 2.28. The molecule has 1 atom stereocenters. The van der Waals surface area contributed by atoms with Crippen molar-refractivity contribution in [2.45, 2.75) is 29.4 Å². The lowest BCUT2D eigenvalue weighted by Gasteiger charge is -2.30. The summed E-state index contributed by atoms with van der Waals surface area (Å²) in [4.78, 5) is 39.7. The highest BCUT2D eigenvalue weighted by atomic mass is 32.2. The van der Waals surface area contributed by atoms with Gasteiger partial charge in [-0.25, -0.2) is 0 Å². The third kappa shape index (κ3) is 4.54. The fourth-order valence-electron chi connectivity index (χ4n) is 3.57. The van der Waals surface area contributed by atoms with Gasteiger partial charge in [0.25, 0.3) is 5.91 Å². The van der Waals surface area contributed by atoms with Crippen molar-refractivity contribution >= 4 is 40.9 Å². The molecule has 7 nitrogen and oxygen atoms in total. The minimum Gasteiger partial charge on any atom is -0.362 e. The number of anilines is 2. The monoisotopic (exact) mass is 410 g/mol. The quantitative estimate of drug-likeness (QED) is 0.672. The molecule has 0 radical (unpaired) electrons. The van der Waals surface area contributed by atoms with Gasteiger partial charge < -0.3 is 10.2 Å². The lowest BCUT2D eigenvalue weighted by molar-refractivity contribution is -0.129. The van der Waals surface area contributed by atoms with Gasteiger partial charge in [0.05, 0.1) is 17.5 Å². The summed E-state index contributed by atoms with van der Waals surface area (Å²) >= 11 is 1.35. The van der Waals surface area contributed by atoms with E-state index in [2.05, 4.69) is 22.2 Å². The van der Waals surface area contributed by atoms with Crippen molar-refractivity contribution in [3.05, 3.63) is 54.1 Å². The molecular formula is C21H22N4O3S. The number of fused-ring (bicyclic) bond motifs is 2. The Bertz CT molecular complexity index is 949. The normalized spacial score (nSPS) is 17.6. The van der Waals surface area contributed by atoms with Gasteiger partial charge in [-0.05, 0) is 36.6 Å². The third-order valence-electron chi connectivity index (χ3n) is 4.96. The number of hydrogen-bond acceptors (Lipinski definition) is 5. The molecule has 2 aromatic carbocycles. The van der Waals surface area contributed by atoms with Crippen LogP contribution >= 0.6 is 11.8 Å². The molecule has 29 heavy (non-hydrogen) atoms. The summed E-state index contributed by atoms with van der Waals surface area (Å²) in [5.41, 5.74) is 7.95. The third-order valence-corrected chi connectivity index (χ3v) is 6.23. The number of amides is 3. The maximum atomic E-state index is 12.3. The average Bonchev–Trinajstić information content (AvgIpc) is 2.73. The molecule has 3 amide bonds. The van der Waals surface area contributed by atoms with Crippen molar-refractivity contribution in [1.29, 1.82) is 0 Å². The first-order chi connectivity index (χ1) is 14.1. The van der Waals surface area contributed by atoms with Crippen molar-refractivity contribution in [2.24, 2.45) is 0 Å². The summed E-state index contributed by atoms with van der Waals surface area (Å²) < 4.78 is 0. The lowest BCUT2D eigenvalue weighted by atomic mass is 10.0. The Balaban J connectivity index is 1.27. The summed E-state index contributed by atoms with van der Waals surface area (Å²) in [6.45, 7) is 0.972. The predicted molar refractivity (Wildman–Crippen MR) is 113 cm³/mol. The van der Waals surface area contributed by atoms with Crippen LogP contribution in [0.2, 0.25) is 0 Å². The van der Waals surface area contributed by atoms with E-state index in [9.17, 15) is 14.4 Å². The van der Waals surface area contributed by atoms with Crippen LogP contribution < -0.4 is 21.1 Å². The Hall–Kier alpha value is -3.00. The number of carbonyl (C=O) groups excluding carboxylic acids is 3. The molecule has 0 bridgehead atoms. The van der Waals surface area contributed by atoms with E-state index >= 15 is 0 Å². The van der Waals surface area contributed by atoms with Crippen LogP contribution in [0.3, 0.4) is 0 Å². The van der Waals surface area contributed by atoms with Crippen LogP contribution in [0, 0.1) is 0 Å². The molecule has 2 aliphatic rings. The van der Waals surface area contributed by atoms with E-state index < -0.39 is 11.2 Å². The second-order valence-corrected chi connectivity index (χ2v) is 8.29. The van der Waals surface area contributed by atoms with Gasteiger partial charge >= 0.3 is 0 Å². The number of hydrazine groups is 1. The van der Waals surface area contributed by atoms with Gasteiger partial charge in [-0.1, -0.05) is 30.3 Å². The number of thioether (sulfide) groups is 1. The number of rotatable bonds is 4. The van der Waals surface area contributed by atoms with E-state index in [4.69, 9.17) is 0 Å². The number of hydrogen-bond donors (Lipinski definition) is 3. The maximum Gasteiger partial charge on any atom is 0.257 e. The van der Waals surface area contributed by atoms with Gasteiger partial charge in [-0.3, -0.25) is 25.2 Å². The van der Waals surface area contributed by atoms with Gasteiger partial charge in [0.15, 0.2) is 0 Å². The van der Waals surface area contributed by atoms with Crippen molar-refractivity contribution in [3.8, 4) is 0 Å². The molecule has 2 heterocycles. The first-order valence-corrected chi connectivity index (χ1v) is 10.5. The van der Waals surface area contributed by atoms with Crippen LogP contribution in [0.5, 0.6) is 0 Å². The number of nitrogens with zero attached hydrogens (tertiary/aromatic N) is 1. The van der Waals surface area contributed by atoms with Gasteiger partial charge in [0, 0.05) is 23.5 Å². The van der Waals surface area contributed by atoms with Crippen molar-refractivity contribution < 1.29 is 14.4 Å². The second-order valence-electron chi connectivity index (χ2n) is 7.05. The van der Waals surface area contributed by atoms with E-state index in [0.29, 0.717) is 0 Å². The van der Waals surface area contributed by atoms with Gasteiger partial charge in [-0.2, -0.15) is 0 Å². The Kier molecular flexibility index (Phi) is 5.71. The Morgan fingerprint density at radius 3 is 2.72 bits per heavy atom. The Morgan fingerprint density at radius 2 is 1.83 bits per heavy atom. The smallest absolute Gasteiger partial charge is 0.257 e. The molecule has 2 aliphatic heterocycles. The molecule has 8 heteroatoms. The lowest BCUT2D eigenvalue weighted by Crippen LogP contribution is -2.48. The predicted octanol–water partition coefficient (Wildman–Crippen LogP) is 2.09. The van der Waals surface area contributed by atoms with Crippen molar-refractivity contribution in [1.82, 2.24) is 10.9 Å². The first-order valence-electron chi connectivity index (χ1n) is 9.57. The van der Waals surface area contributed by atoms with Crippen LogP contribution in [-0.2, 0) is 20.8 Å². The molecule has 2 aromatic rings. The number of carbonyl (C=O) groups is 3. The van der Waals surface area contributed by atoms with Gasteiger partial charge in [-0.15, -0.1) is 11.8 Å². The van der Waals surface area contributed by atoms with E-state index in [1.807, 2.05) is 47.4 Å². The van der Waals surface area contributed by atoms with E-state index in [1.54, 1.807) is 0 Å². The Labute approximate surface area is 173 Å². The van der Waals surface area contributed by atoms with Crippen LogP contribution in [0.15, 0.2) is 53.4 Å². The largest absolute Gasteiger partial charge is 0.362 e. The summed E-state index contributed by atoms with van der Waals surface area (Å²) in [5.74, 6) is -0.898. The summed E-state index contributed by atoms with van der Waals surface area (Å²) in [6.07, 6.45) is 1.99. The molecule has 0 fully saturated rings. The topological polar surface area (TPSA) is 90.5 Å². The van der Waals surface area contributed by atoms with E-state index in [0.717, 1.165) is 35.7 Å². The number of nitrogens with one attached hydrogen (secondary N) is 3. The van der Waals surface area contributed by atoms with Crippen LogP contribution in [0.4, 0.5) is 11.4 Å². The maximum absolute atomic E-state index is 12.3. The first kappa shape index (κ1) is 19.3. The van der Waals surface area contributed by atoms with E-state index in [-0.39, 0.29) is 24.8 Å². The van der Waals surface area contributed by atoms with Crippen LogP contribution in [0.25, 0.3) is 0 Å². The average molecular weight is 410 g/mol. The minimum atomic E-state index is -0.532. The SMILES string of the molecule is O=C(C[C@@H]1Sc2ccccc2NC1=O)NNC(=O)CN1CCCc2ccccc21. The molecule has 0 saturated heterocycles. The molecule has 3 N–H and O–H groups in total. The highest BCUT2D eigenvalue weighted by molar-refractivity contribution is 8.01. The zero-order chi connectivity index (χ0) is 20.2. The Morgan fingerprint density at radius 1 is 1.07 bits per heavy atom. The molecule has 4 rings (SSSR count). The molecular weight excluding hydrogens is 388 g/mol. The molecule has 0 aliphatic carbocycles. The highest BCUT2D eigenvalue weighted by Gasteiger charge is 2.29. The number of para-hydroxylation sites is 2. The van der Waals surface area contributed by atoms with Crippen LogP contribution in [-0.4, -0.2) is 36.1 Å². The highest BCUT2D eigenvalue weighted by Crippen LogP contribution is 2.36. The molecule has 0 aromatic heterocycles. The van der Waals surface area contributed by atoms with Crippen LogP contribution in [0.1, 0.15) is 18.4 Å². The number of aryl methyl sites for hydroxylation is 1. The van der Waals surface area contributed by atoms with Gasteiger partial charge in [0.1, 0.15) is 0 Å². The number of benzene rings is 2. The minimum absolute atomic E-state index is 0.0162. The van der Waals surface area contributed by atoms with Crippen molar-refractivity contribution in [3.63, 3.8) is 0 Å². The van der Waals surface area contributed by atoms with Gasteiger partial charge in [0.2, 0.25) is 11.8 Å². The fraction of sp³-hybridized carbons (Fsp3) is 0.286. The zero-order valence-corrected chi connectivity index (χ0v) is 16.6. The molecule has 0 spiro atoms. The van der Waals surface area contributed by atoms with Crippen molar-refractivity contribution in [2.75, 3.05) is 23.3 Å². The fourth-order valence-corrected chi connectivity index (χ4v) is 4.68. The molecule has 150 valence electrons. The van der Waals surface area contributed by atoms with E-state index in [1.165, 1.54) is 17.3 Å². The standard InChI is InChI=1S/C21H22N4O3S/c26-19(12-18-21(28)22-15-8-2-4-10-17(15)29-18)23-24-20(27)13-25-11-5-7-14-6-1-3-9-16(14)25/h1-4,6,8-10,18H,5,7,11-13H2,(H,22,28)(H,23,26)(H,24,27)/t18-/m0/s1.